The molecule has 244 valence electrons. The summed E-state index contributed by atoms with van der Waals surface area (Å²) in [6, 6.07) is 1.91. The maximum atomic E-state index is 13.2. The fourth-order valence-corrected chi connectivity index (χ4v) is 4.85. The Morgan fingerprint density at radius 2 is 2.00 bits per heavy atom. The molecule has 19 nitrogen and oxygen atoms in total. The second-order valence-electron chi connectivity index (χ2n) is 10.0. The fourth-order valence-electron chi connectivity index (χ4n) is 3.79. The normalized spacial score (nSPS) is 16.4. The van der Waals surface area contributed by atoms with Crippen LogP contribution in [0.3, 0.4) is 0 Å². The summed E-state index contributed by atoms with van der Waals surface area (Å²) in [4.78, 5) is 74.6. The van der Waals surface area contributed by atoms with Crippen molar-refractivity contribution >= 4 is 63.9 Å². The summed E-state index contributed by atoms with van der Waals surface area (Å²) >= 11 is 1.14. The van der Waals surface area contributed by atoms with Gasteiger partial charge in [-0.1, -0.05) is 5.16 Å². The molecule has 3 aromatic rings. The number of aliphatic carboxylic acids is 1. The summed E-state index contributed by atoms with van der Waals surface area (Å²) < 4.78 is 11.1. The molecular weight excluding hydrogens is 650 g/mol. The van der Waals surface area contributed by atoms with Crippen LogP contribution in [0.2, 0.25) is 0 Å². The van der Waals surface area contributed by atoms with Crippen LogP contribution in [0.4, 0.5) is 10.9 Å². The molecule has 21 heteroatoms. The monoisotopic (exact) mass is 677 g/mol. The van der Waals surface area contributed by atoms with Crippen LogP contribution in [0.25, 0.3) is 0 Å². The number of thiazole rings is 1. The smallest absolute Gasteiger partial charge is 0.350 e. The van der Waals surface area contributed by atoms with Crippen molar-refractivity contribution in [2.45, 2.75) is 38.1 Å². The van der Waals surface area contributed by atoms with Crippen molar-refractivity contribution in [1.82, 2.24) is 29.6 Å². The van der Waals surface area contributed by atoms with Crippen LogP contribution in [-0.2, 0) is 25.8 Å². The number of hydrogen-bond donors (Lipinski definition) is 8. The van der Waals surface area contributed by atoms with E-state index < -0.39 is 58.3 Å². The van der Waals surface area contributed by atoms with Gasteiger partial charge in [0.15, 0.2) is 16.6 Å². The zero-order chi connectivity index (χ0) is 33.8. The van der Waals surface area contributed by atoms with Crippen LogP contribution in [-0.4, -0.2) is 92.6 Å². The van der Waals surface area contributed by atoms with Gasteiger partial charge in [-0.2, -0.15) is 4.73 Å². The van der Waals surface area contributed by atoms with Crippen LogP contribution in [0.5, 0.6) is 5.75 Å². The van der Waals surface area contributed by atoms with Crippen molar-refractivity contribution < 1.29 is 44.0 Å². The fraction of sp³-hybridized carbons (Fsp3) is 0.280. The number of nitrogens with one attached hydrogen (secondary N) is 3. The van der Waals surface area contributed by atoms with Gasteiger partial charge in [-0.05, 0) is 26.0 Å². The number of nitrogens with two attached hydrogens (primary N) is 1. The lowest BCUT2D eigenvalue weighted by molar-refractivity contribution is -0.161. The van der Waals surface area contributed by atoms with Crippen LogP contribution in [0.1, 0.15) is 35.6 Å². The first-order valence-corrected chi connectivity index (χ1v) is 14.6. The Labute approximate surface area is 267 Å². The van der Waals surface area contributed by atoms with E-state index in [1.807, 2.05) is 0 Å². The number of carboxylic acid groups (broad SMARTS) is 1. The van der Waals surface area contributed by atoms with Crippen LogP contribution < -0.4 is 27.1 Å². The van der Waals surface area contributed by atoms with Gasteiger partial charge < -0.3 is 46.5 Å². The summed E-state index contributed by atoms with van der Waals surface area (Å²) in [7, 11) is 0. The quantitative estimate of drug-likeness (QED) is 0.0287. The molecule has 1 saturated heterocycles. The van der Waals surface area contributed by atoms with E-state index in [4.69, 9.17) is 10.6 Å². The van der Waals surface area contributed by atoms with E-state index in [1.165, 1.54) is 37.6 Å². The van der Waals surface area contributed by atoms with Gasteiger partial charge >= 0.3 is 5.97 Å². The van der Waals surface area contributed by atoms with Crippen molar-refractivity contribution in [1.29, 1.82) is 0 Å². The number of amides is 3. The largest absolute Gasteiger partial charge is 0.503 e. The lowest BCUT2D eigenvalue weighted by atomic mass is 9.98. The third kappa shape index (κ3) is 7.44. The van der Waals surface area contributed by atoms with Crippen LogP contribution >= 0.6 is 23.6 Å². The first kappa shape index (κ1) is 33.5. The van der Waals surface area contributed by atoms with Gasteiger partial charge in [0.25, 0.3) is 17.7 Å². The van der Waals surface area contributed by atoms with Gasteiger partial charge in [0, 0.05) is 24.2 Å². The number of rotatable bonds is 13. The average Bonchev–Trinajstić information content (AvgIpc) is 3.44. The predicted octanol–water partition coefficient (Wildman–Crippen LogP) is -0.332. The van der Waals surface area contributed by atoms with Crippen molar-refractivity contribution in [2.24, 2.45) is 5.16 Å². The minimum absolute atomic E-state index is 0.0156. The van der Waals surface area contributed by atoms with E-state index in [9.17, 15) is 43.9 Å². The molecule has 1 aliphatic heterocycles. The molecule has 0 aliphatic carbocycles. The lowest BCUT2D eigenvalue weighted by Gasteiger charge is -2.44. The van der Waals surface area contributed by atoms with Crippen molar-refractivity contribution in [3.05, 3.63) is 63.1 Å². The summed E-state index contributed by atoms with van der Waals surface area (Å²) in [6.45, 7) is 2.19. The Balaban J connectivity index is 1.39. The number of carbonyl (C=O) groups excluding carboxylic acids is 3. The summed E-state index contributed by atoms with van der Waals surface area (Å²) in [5.41, 5.74) is 2.86. The highest BCUT2D eigenvalue weighted by molar-refractivity contribution is 7.92. The first-order valence-electron chi connectivity index (χ1n) is 13.0. The molecule has 3 aromatic heterocycles. The SMILES string of the molecule is CC(C)(ON=C(C(=O)NC1C(=O)N(SO)C1CNc1ccc(C(=O)NCc2cc(=O)c(O)cn2O)cn1)c1csc(N)n1)C(=O)O. The number of aromatic nitrogens is 3. The van der Waals surface area contributed by atoms with E-state index in [0.717, 1.165) is 27.9 Å². The third-order valence-electron chi connectivity index (χ3n) is 6.44. The Kier molecular flexibility index (Phi) is 9.98. The number of carboxylic acids is 1. The number of β-lactam (4-membered cyclic amide) rings is 1. The second-order valence-corrected chi connectivity index (χ2v) is 11.5. The van der Waals surface area contributed by atoms with E-state index >= 15 is 0 Å². The molecule has 1 aliphatic rings. The maximum Gasteiger partial charge on any atom is 0.350 e. The molecule has 4 rings (SSSR count). The Morgan fingerprint density at radius 3 is 2.61 bits per heavy atom. The number of anilines is 2. The van der Waals surface area contributed by atoms with E-state index in [0.29, 0.717) is 4.73 Å². The molecular formula is C25H27N9O10S2. The number of aromatic hydroxyl groups is 1. The lowest BCUT2D eigenvalue weighted by Crippen LogP contribution is -2.70. The highest BCUT2D eigenvalue weighted by Gasteiger charge is 2.49. The molecule has 4 heterocycles. The summed E-state index contributed by atoms with van der Waals surface area (Å²) in [6.07, 6.45) is 2.04. The standard InChI is InChI=1S/C25H27N9O10S2/c1-25(2,23(40)41)44-32-18(13-10-45-24(26)30-13)21(38)31-19-14(34(46-43)22(19)39)8-28-17-4-3-11(6-27-17)20(37)29-7-12-5-15(35)16(36)9-33(12)42/h3-6,9-10,14,19,36,42-43H,7-8H2,1-2H3,(H2,26,30)(H,27,28)(H,29,37)(H,31,38)(H,40,41). The molecule has 0 saturated carbocycles. The molecule has 3 amide bonds. The topological polar surface area (TPSA) is 284 Å². The summed E-state index contributed by atoms with van der Waals surface area (Å²) in [5.74, 6) is -3.87. The number of oxime groups is 1. The number of pyridine rings is 2. The number of nitrogen functional groups attached to an aromatic ring is 1. The van der Waals surface area contributed by atoms with E-state index in [2.05, 4.69) is 31.1 Å². The molecule has 0 bridgehead atoms. The molecule has 1 fully saturated rings. The van der Waals surface area contributed by atoms with E-state index in [-0.39, 0.29) is 53.2 Å². The van der Waals surface area contributed by atoms with Gasteiger partial charge in [0.05, 0.1) is 30.0 Å². The van der Waals surface area contributed by atoms with Gasteiger partial charge in [0.1, 0.15) is 29.8 Å². The molecule has 2 atom stereocenters. The maximum absolute atomic E-state index is 13.2. The third-order valence-corrected chi connectivity index (χ3v) is 7.74. The molecule has 0 radical (unpaired) electrons. The van der Waals surface area contributed by atoms with E-state index in [1.54, 1.807) is 0 Å². The minimum Gasteiger partial charge on any atom is -0.503 e. The van der Waals surface area contributed by atoms with Crippen molar-refractivity contribution in [2.75, 3.05) is 17.6 Å². The summed E-state index contributed by atoms with van der Waals surface area (Å²) in [5, 5.41) is 41.6. The zero-order valence-electron chi connectivity index (χ0n) is 23.9. The van der Waals surface area contributed by atoms with Gasteiger partial charge in [-0.15, -0.1) is 11.3 Å². The Hall–Kier alpha value is -5.41. The van der Waals surface area contributed by atoms with Gasteiger partial charge in [0.2, 0.25) is 11.0 Å². The van der Waals surface area contributed by atoms with Crippen molar-refractivity contribution in [3.8, 4) is 5.75 Å². The Morgan fingerprint density at radius 1 is 1.26 bits per heavy atom. The second kappa shape index (κ2) is 13.7. The average molecular weight is 678 g/mol. The molecule has 0 aromatic carbocycles. The molecule has 0 spiro atoms. The van der Waals surface area contributed by atoms with Gasteiger partial charge in [-0.3, -0.25) is 23.5 Å². The highest BCUT2D eigenvalue weighted by Crippen LogP contribution is 2.27. The highest BCUT2D eigenvalue weighted by atomic mass is 32.2. The molecule has 2 unspecified atom stereocenters. The molecule has 46 heavy (non-hydrogen) atoms. The van der Waals surface area contributed by atoms with Crippen LogP contribution in [0, 0.1) is 0 Å². The van der Waals surface area contributed by atoms with Crippen molar-refractivity contribution in [3.63, 3.8) is 0 Å². The number of hydrogen-bond acceptors (Lipinski definition) is 16. The number of nitrogens with zero attached hydrogens (tertiary/aromatic N) is 5. The van der Waals surface area contributed by atoms with Gasteiger partial charge in [-0.25, -0.2) is 14.8 Å². The Bertz CT molecular complexity index is 1740. The van der Waals surface area contributed by atoms with Crippen LogP contribution in [0.15, 0.2) is 45.9 Å². The minimum atomic E-state index is -1.80. The molecule has 9 N–H and O–H groups in total. The predicted molar refractivity (Wildman–Crippen MR) is 162 cm³/mol. The zero-order valence-corrected chi connectivity index (χ0v) is 25.5. The number of carbonyl (C=O) groups is 4. The first-order chi connectivity index (χ1) is 21.7.